The van der Waals surface area contributed by atoms with Gasteiger partial charge in [-0.25, -0.2) is 4.98 Å². The molecule has 5 rings (SSSR count). The highest BCUT2D eigenvalue weighted by Crippen LogP contribution is 2.42. The van der Waals surface area contributed by atoms with Gasteiger partial charge in [0.15, 0.2) is 12.9 Å². The summed E-state index contributed by atoms with van der Waals surface area (Å²) in [5.41, 5.74) is 1.70. The molecule has 0 saturated heterocycles. The van der Waals surface area contributed by atoms with Gasteiger partial charge in [0.1, 0.15) is 10.6 Å². The van der Waals surface area contributed by atoms with Gasteiger partial charge < -0.3 is 30.6 Å². The number of carbonyl (C=O) groups is 2. The molecule has 1 aliphatic carbocycles. The highest BCUT2D eigenvalue weighted by molar-refractivity contribution is 7.18. The molecule has 172 valence electrons. The Balaban J connectivity index is 1.37. The van der Waals surface area contributed by atoms with Crippen LogP contribution in [0, 0.1) is 0 Å². The highest BCUT2D eigenvalue weighted by atomic mass is 32.1. The minimum absolute atomic E-state index is 0.0297. The molecule has 10 nitrogen and oxygen atoms in total. The molecule has 33 heavy (non-hydrogen) atoms. The number of aliphatic hydroxyl groups excluding tert-OH is 1. The van der Waals surface area contributed by atoms with Gasteiger partial charge in [-0.15, -0.1) is 11.3 Å². The first kappa shape index (κ1) is 21.6. The number of hydrogen-bond acceptors (Lipinski definition) is 8. The summed E-state index contributed by atoms with van der Waals surface area (Å²) in [4.78, 5) is 45.6. The third kappa shape index (κ3) is 4.22. The monoisotopic (exact) mass is 470 g/mol. The Bertz CT molecular complexity index is 1310. The molecule has 5 N–H and O–H groups in total. The number of nitrogens with one attached hydrogen (secondary N) is 3. The summed E-state index contributed by atoms with van der Waals surface area (Å²) in [5.74, 6) is -0.415. The Morgan fingerprint density at radius 1 is 1.33 bits per heavy atom. The Labute approximate surface area is 191 Å². The van der Waals surface area contributed by atoms with Crippen LogP contribution >= 0.6 is 11.3 Å². The molecule has 0 bridgehead atoms. The number of hydrogen-bond donors (Lipinski definition) is 5. The van der Waals surface area contributed by atoms with Crippen LogP contribution < -0.4 is 20.9 Å². The van der Waals surface area contributed by atoms with Crippen LogP contribution in [0.3, 0.4) is 0 Å². The molecule has 1 unspecified atom stereocenters. The van der Waals surface area contributed by atoms with Crippen molar-refractivity contribution in [3.8, 4) is 5.75 Å². The standard InChI is InChI=1S/C22H22N4O6S/c27-15-9-32-13-5-4-10(6-12(13)24-15)8-23-21(31)19-25-20(30)18-17-11(7-16(28)29)2-1-3-14(17)33-22(18)26-19/h4-6,11,16,28-29H,1-3,7-9H2,(H,23,31)(H,24,27)(H,25,26,30). The molecule has 1 aromatic carbocycles. The van der Waals surface area contributed by atoms with Gasteiger partial charge in [-0.3, -0.25) is 14.4 Å². The fraction of sp³-hybridized carbons (Fsp3) is 0.364. The van der Waals surface area contributed by atoms with Crippen molar-refractivity contribution >= 4 is 39.1 Å². The van der Waals surface area contributed by atoms with Gasteiger partial charge in [0.25, 0.3) is 17.4 Å². The normalized spacial score (nSPS) is 17.3. The van der Waals surface area contributed by atoms with Crippen LogP contribution in [0.25, 0.3) is 10.2 Å². The summed E-state index contributed by atoms with van der Waals surface area (Å²) in [5, 5.41) is 24.8. The maximum atomic E-state index is 12.9. The van der Waals surface area contributed by atoms with E-state index in [9.17, 15) is 24.6 Å². The lowest BCUT2D eigenvalue weighted by atomic mass is 9.84. The van der Waals surface area contributed by atoms with Crippen LogP contribution in [0.4, 0.5) is 5.69 Å². The van der Waals surface area contributed by atoms with Gasteiger partial charge in [-0.05, 0) is 48.4 Å². The number of fused-ring (bicyclic) bond motifs is 4. The predicted molar refractivity (Wildman–Crippen MR) is 120 cm³/mol. The van der Waals surface area contributed by atoms with Gasteiger partial charge in [0.05, 0.1) is 11.1 Å². The molecule has 2 amide bonds. The zero-order valence-electron chi connectivity index (χ0n) is 17.5. The molecule has 11 heteroatoms. The Morgan fingerprint density at radius 2 is 2.18 bits per heavy atom. The number of rotatable bonds is 5. The van der Waals surface area contributed by atoms with Crippen molar-refractivity contribution < 1.29 is 24.5 Å². The molecule has 3 heterocycles. The van der Waals surface area contributed by atoms with Gasteiger partial charge in [0.2, 0.25) is 5.82 Å². The van der Waals surface area contributed by atoms with E-state index in [0.29, 0.717) is 21.7 Å². The van der Waals surface area contributed by atoms with Crippen LogP contribution in [0.1, 0.15) is 51.8 Å². The number of nitrogens with zero attached hydrogens (tertiary/aromatic N) is 1. The van der Waals surface area contributed by atoms with E-state index in [2.05, 4.69) is 20.6 Å². The molecule has 0 spiro atoms. The zero-order valence-corrected chi connectivity index (χ0v) is 18.3. The smallest absolute Gasteiger partial charge is 0.287 e. The van der Waals surface area contributed by atoms with E-state index < -0.39 is 17.8 Å². The number of aliphatic hydroxyl groups is 2. The Hall–Kier alpha value is -3.28. The van der Waals surface area contributed by atoms with Crippen molar-refractivity contribution in [2.75, 3.05) is 11.9 Å². The van der Waals surface area contributed by atoms with Crippen molar-refractivity contribution in [1.82, 2.24) is 15.3 Å². The minimum atomic E-state index is -1.45. The third-order valence-electron chi connectivity index (χ3n) is 5.88. The fourth-order valence-corrected chi connectivity index (χ4v) is 5.75. The van der Waals surface area contributed by atoms with Gasteiger partial charge in [0, 0.05) is 17.8 Å². The largest absolute Gasteiger partial charge is 0.482 e. The summed E-state index contributed by atoms with van der Waals surface area (Å²) >= 11 is 1.38. The number of aromatic nitrogens is 2. The van der Waals surface area contributed by atoms with E-state index in [0.717, 1.165) is 35.3 Å². The van der Waals surface area contributed by atoms with Gasteiger partial charge in [-0.1, -0.05) is 6.07 Å². The predicted octanol–water partition coefficient (Wildman–Crippen LogP) is 1.37. The first-order valence-corrected chi connectivity index (χ1v) is 11.5. The summed E-state index contributed by atoms with van der Waals surface area (Å²) in [6, 6.07) is 5.21. The van der Waals surface area contributed by atoms with Crippen molar-refractivity contribution in [1.29, 1.82) is 0 Å². The van der Waals surface area contributed by atoms with Crippen molar-refractivity contribution in [3.05, 3.63) is 50.4 Å². The molecule has 0 radical (unpaired) electrons. The molecular weight excluding hydrogens is 448 g/mol. The summed E-state index contributed by atoms with van der Waals surface area (Å²) in [7, 11) is 0. The molecule has 2 aromatic heterocycles. The van der Waals surface area contributed by atoms with E-state index in [-0.39, 0.29) is 37.2 Å². The maximum absolute atomic E-state index is 12.9. The number of aromatic amines is 1. The van der Waals surface area contributed by atoms with Crippen molar-refractivity contribution in [3.63, 3.8) is 0 Å². The first-order valence-electron chi connectivity index (χ1n) is 10.6. The van der Waals surface area contributed by atoms with E-state index in [4.69, 9.17) is 4.74 Å². The van der Waals surface area contributed by atoms with Crippen LogP contribution in [0.5, 0.6) is 5.75 Å². The van der Waals surface area contributed by atoms with Crippen molar-refractivity contribution in [2.45, 2.75) is 44.4 Å². The fourth-order valence-electron chi connectivity index (χ4n) is 4.45. The summed E-state index contributed by atoms with van der Waals surface area (Å²) in [6.07, 6.45) is 1.18. The molecule has 0 fully saturated rings. The van der Waals surface area contributed by atoms with Gasteiger partial charge >= 0.3 is 0 Å². The average Bonchev–Trinajstić information content (AvgIpc) is 3.16. The zero-order chi connectivity index (χ0) is 23.1. The number of amides is 2. The maximum Gasteiger partial charge on any atom is 0.287 e. The van der Waals surface area contributed by atoms with Crippen LogP contribution in [0.15, 0.2) is 23.0 Å². The van der Waals surface area contributed by atoms with Crippen LogP contribution in [0.2, 0.25) is 0 Å². The average molecular weight is 471 g/mol. The van der Waals surface area contributed by atoms with E-state index >= 15 is 0 Å². The second-order valence-electron chi connectivity index (χ2n) is 8.19. The molecule has 1 aliphatic heterocycles. The Kier molecular flexibility index (Phi) is 5.60. The lowest BCUT2D eigenvalue weighted by Crippen LogP contribution is -2.28. The second kappa shape index (κ2) is 8.58. The number of benzene rings is 1. The van der Waals surface area contributed by atoms with E-state index in [1.54, 1.807) is 18.2 Å². The molecule has 0 saturated carbocycles. The second-order valence-corrected chi connectivity index (χ2v) is 9.27. The minimum Gasteiger partial charge on any atom is -0.482 e. The summed E-state index contributed by atoms with van der Waals surface area (Å²) < 4.78 is 5.33. The van der Waals surface area contributed by atoms with Gasteiger partial charge in [-0.2, -0.15) is 0 Å². The summed E-state index contributed by atoms with van der Waals surface area (Å²) in [6.45, 7) is 0.138. The molecule has 1 atom stereocenters. The van der Waals surface area contributed by atoms with Crippen LogP contribution in [-0.2, 0) is 17.8 Å². The molecule has 3 aromatic rings. The first-order chi connectivity index (χ1) is 15.9. The number of anilines is 1. The SMILES string of the molecule is O=C1COc2ccc(CNC(=O)c3nc4sc5c(c4c(=O)[nH]3)C(CC(O)O)CCC5)cc2N1. The third-order valence-corrected chi connectivity index (χ3v) is 7.04. The number of H-pyrrole nitrogens is 1. The number of carbonyl (C=O) groups excluding carboxylic acids is 2. The highest BCUT2D eigenvalue weighted by Gasteiger charge is 2.29. The quantitative estimate of drug-likeness (QED) is 0.353. The lowest BCUT2D eigenvalue weighted by Gasteiger charge is -2.23. The van der Waals surface area contributed by atoms with E-state index in [1.165, 1.54) is 11.3 Å². The number of thiophene rings is 1. The lowest BCUT2D eigenvalue weighted by molar-refractivity contribution is -0.118. The molecular formula is C22H22N4O6S. The number of aryl methyl sites for hydroxylation is 1. The Morgan fingerprint density at radius 3 is 3.00 bits per heavy atom. The van der Waals surface area contributed by atoms with E-state index in [1.807, 2.05) is 0 Å². The topological polar surface area (TPSA) is 154 Å². The number of ether oxygens (including phenoxy) is 1. The van der Waals surface area contributed by atoms with Crippen molar-refractivity contribution in [2.24, 2.45) is 0 Å². The molecule has 2 aliphatic rings. The van der Waals surface area contributed by atoms with Crippen LogP contribution in [-0.4, -0.2) is 44.9 Å².